The molecule has 2 aliphatic rings. The highest BCUT2D eigenvalue weighted by atomic mass is 32.2. The second-order valence-electron chi connectivity index (χ2n) is 5.95. The molecule has 0 saturated carbocycles. The van der Waals surface area contributed by atoms with Crippen LogP contribution in [0.4, 0.5) is 0 Å². The first kappa shape index (κ1) is 14.6. The summed E-state index contributed by atoms with van der Waals surface area (Å²) in [5.74, 6) is 0.819. The number of likely N-dealkylation sites (tertiary alicyclic amines) is 1. The van der Waals surface area contributed by atoms with Crippen molar-refractivity contribution in [1.29, 1.82) is 0 Å². The number of carbonyl (C=O) groups is 1. The van der Waals surface area contributed by atoms with Gasteiger partial charge in [0.05, 0.1) is 10.6 Å². The summed E-state index contributed by atoms with van der Waals surface area (Å²) in [7, 11) is 0. The smallest absolute Gasteiger partial charge is 0.248 e. The molecule has 112 valence electrons. The highest BCUT2D eigenvalue weighted by Crippen LogP contribution is 2.27. The Morgan fingerprint density at radius 2 is 2.00 bits per heavy atom. The lowest BCUT2D eigenvalue weighted by atomic mass is 9.93. The van der Waals surface area contributed by atoms with E-state index in [9.17, 15) is 9.90 Å². The van der Waals surface area contributed by atoms with Crippen LogP contribution in [0.1, 0.15) is 25.3 Å². The number of piperidine rings is 1. The third-order valence-electron chi connectivity index (χ3n) is 4.11. The molecule has 0 bridgehead atoms. The summed E-state index contributed by atoms with van der Waals surface area (Å²) >= 11 is 1.65. The average Bonchev–Trinajstić information content (AvgIpc) is 2.97. The van der Waals surface area contributed by atoms with Gasteiger partial charge in [-0.25, -0.2) is 0 Å². The fourth-order valence-electron chi connectivity index (χ4n) is 2.66. The van der Waals surface area contributed by atoms with Gasteiger partial charge in [-0.3, -0.25) is 9.79 Å². The molecule has 1 N–H and O–H groups in total. The molecule has 3 rings (SSSR count). The zero-order chi connectivity index (χ0) is 14.9. The van der Waals surface area contributed by atoms with Gasteiger partial charge >= 0.3 is 0 Å². The van der Waals surface area contributed by atoms with Gasteiger partial charge in [0.1, 0.15) is 6.04 Å². The SMILES string of the molecule is CC1(O)CCN(C(=O)C2CSC(c3ccccc3)=N2)CC1. The van der Waals surface area contributed by atoms with Gasteiger partial charge in [-0.2, -0.15) is 0 Å². The minimum atomic E-state index is -0.625. The zero-order valence-corrected chi connectivity index (χ0v) is 13.0. The Kier molecular flexibility index (Phi) is 4.04. The van der Waals surface area contributed by atoms with Crippen LogP contribution >= 0.6 is 11.8 Å². The molecule has 0 radical (unpaired) electrons. The molecule has 1 amide bonds. The van der Waals surface area contributed by atoms with Crippen LogP contribution < -0.4 is 0 Å². The van der Waals surface area contributed by atoms with E-state index in [2.05, 4.69) is 4.99 Å². The highest BCUT2D eigenvalue weighted by molar-refractivity contribution is 8.14. The number of carbonyl (C=O) groups excluding carboxylic acids is 1. The first-order chi connectivity index (χ1) is 10.1. The van der Waals surface area contributed by atoms with E-state index < -0.39 is 5.60 Å². The van der Waals surface area contributed by atoms with Crippen LogP contribution in [0.25, 0.3) is 0 Å². The number of amides is 1. The number of benzene rings is 1. The summed E-state index contributed by atoms with van der Waals surface area (Å²) in [6, 6.07) is 9.73. The van der Waals surface area contributed by atoms with E-state index in [0.29, 0.717) is 25.9 Å². The maximum Gasteiger partial charge on any atom is 0.248 e. The predicted molar refractivity (Wildman–Crippen MR) is 85.7 cm³/mol. The van der Waals surface area contributed by atoms with E-state index >= 15 is 0 Å². The summed E-state index contributed by atoms with van der Waals surface area (Å²) < 4.78 is 0. The van der Waals surface area contributed by atoms with E-state index in [1.807, 2.05) is 42.2 Å². The maximum absolute atomic E-state index is 12.5. The molecule has 0 spiro atoms. The minimum absolute atomic E-state index is 0.101. The summed E-state index contributed by atoms with van der Waals surface area (Å²) in [5, 5.41) is 10.9. The summed E-state index contributed by atoms with van der Waals surface area (Å²) in [6.45, 7) is 3.10. The number of hydrogen-bond donors (Lipinski definition) is 1. The summed E-state index contributed by atoms with van der Waals surface area (Å²) in [4.78, 5) is 19.0. The molecule has 1 fully saturated rings. The van der Waals surface area contributed by atoms with Gasteiger partial charge in [0.2, 0.25) is 5.91 Å². The van der Waals surface area contributed by atoms with Crippen molar-refractivity contribution in [3.8, 4) is 0 Å². The highest BCUT2D eigenvalue weighted by Gasteiger charge is 2.34. The van der Waals surface area contributed by atoms with Crippen molar-refractivity contribution in [3.63, 3.8) is 0 Å². The van der Waals surface area contributed by atoms with E-state index in [0.717, 1.165) is 16.4 Å². The van der Waals surface area contributed by atoms with Crippen molar-refractivity contribution >= 4 is 22.7 Å². The largest absolute Gasteiger partial charge is 0.390 e. The van der Waals surface area contributed by atoms with Gasteiger partial charge in [-0.15, -0.1) is 11.8 Å². The van der Waals surface area contributed by atoms with Crippen LogP contribution in [0.2, 0.25) is 0 Å². The van der Waals surface area contributed by atoms with Gasteiger partial charge in [0.25, 0.3) is 0 Å². The molecule has 1 atom stereocenters. The number of thioether (sulfide) groups is 1. The first-order valence-corrected chi connectivity index (χ1v) is 8.31. The first-order valence-electron chi connectivity index (χ1n) is 7.32. The quantitative estimate of drug-likeness (QED) is 0.908. The molecule has 0 aromatic heterocycles. The third-order valence-corrected chi connectivity index (χ3v) is 5.21. The second-order valence-corrected chi connectivity index (χ2v) is 6.96. The lowest BCUT2D eigenvalue weighted by Gasteiger charge is -2.36. The topological polar surface area (TPSA) is 52.9 Å². The predicted octanol–water partition coefficient (Wildman–Crippen LogP) is 1.92. The number of hydrogen-bond acceptors (Lipinski definition) is 4. The molecular formula is C16H20N2O2S. The zero-order valence-electron chi connectivity index (χ0n) is 12.2. The Morgan fingerprint density at radius 1 is 1.33 bits per heavy atom. The van der Waals surface area contributed by atoms with Gasteiger partial charge < -0.3 is 10.0 Å². The molecule has 4 nitrogen and oxygen atoms in total. The lowest BCUT2D eigenvalue weighted by molar-refractivity contribution is -0.135. The van der Waals surface area contributed by atoms with E-state index in [-0.39, 0.29) is 11.9 Å². The van der Waals surface area contributed by atoms with Crippen LogP contribution in [0.3, 0.4) is 0 Å². The van der Waals surface area contributed by atoms with Crippen molar-refractivity contribution in [2.24, 2.45) is 4.99 Å². The van der Waals surface area contributed by atoms with Crippen LogP contribution in [0, 0.1) is 0 Å². The van der Waals surface area contributed by atoms with E-state index in [4.69, 9.17) is 0 Å². The van der Waals surface area contributed by atoms with E-state index in [1.54, 1.807) is 11.8 Å². The molecule has 21 heavy (non-hydrogen) atoms. The van der Waals surface area contributed by atoms with Crippen molar-refractivity contribution in [2.75, 3.05) is 18.8 Å². The molecule has 2 heterocycles. The Morgan fingerprint density at radius 3 is 2.67 bits per heavy atom. The molecule has 1 unspecified atom stereocenters. The molecular weight excluding hydrogens is 284 g/mol. The van der Waals surface area contributed by atoms with Crippen LogP contribution in [-0.4, -0.2) is 51.4 Å². The summed E-state index contributed by atoms with van der Waals surface area (Å²) in [5.41, 5.74) is 0.457. The Labute approximate surface area is 129 Å². The third kappa shape index (κ3) is 3.30. The minimum Gasteiger partial charge on any atom is -0.390 e. The molecule has 5 heteroatoms. The molecule has 2 aliphatic heterocycles. The number of aliphatic imine (C=N–C) groups is 1. The van der Waals surface area contributed by atoms with Gasteiger partial charge in [-0.05, 0) is 19.8 Å². The van der Waals surface area contributed by atoms with Crippen molar-refractivity contribution in [2.45, 2.75) is 31.4 Å². The number of nitrogens with zero attached hydrogens (tertiary/aromatic N) is 2. The van der Waals surface area contributed by atoms with Crippen LogP contribution in [0.5, 0.6) is 0 Å². The van der Waals surface area contributed by atoms with Crippen LogP contribution in [0.15, 0.2) is 35.3 Å². The molecule has 1 aromatic carbocycles. The van der Waals surface area contributed by atoms with Gasteiger partial charge in [-0.1, -0.05) is 30.3 Å². The number of rotatable bonds is 2. The lowest BCUT2D eigenvalue weighted by Crippen LogP contribution is -2.48. The van der Waals surface area contributed by atoms with Crippen molar-refractivity contribution in [1.82, 2.24) is 4.90 Å². The molecule has 0 aliphatic carbocycles. The van der Waals surface area contributed by atoms with Crippen molar-refractivity contribution < 1.29 is 9.90 Å². The summed E-state index contributed by atoms with van der Waals surface area (Å²) in [6.07, 6.45) is 1.29. The Bertz CT molecular complexity index is 547. The van der Waals surface area contributed by atoms with Crippen LogP contribution in [-0.2, 0) is 4.79 Å². The second kappa shape index (κ2) is 5.81. The number of aliphatic hydroxyl groups is 1. The molecule has 1 aromatic rings. The monoisotopic (exact) mass is 304 g/mol. The Balaban J connectivity index is 1.66. The fourth-order valence-corrected chi connectivity index (χ4v) is 3.70. The van der Waals surface area contributed by atoms with E-state index in [1.165, 1.54) is 0 Å². The standard InChI is InChI=1S/C16H20N2O2S/c1-16(20)7-9-18(10-8-16)15(19)13-11-21-14(17-13)12-5-3-2-4-6-12/h2-6,13,20H,7-11H2,1H3. The average molecular weight is 304 g/mol. The van der Waals surface area contributed by atoms with Gasteiger partial charge in [0.15, 0.2) is 0 Å². The van der Waals surface area contributed by atoms with Gasteiger partial charge in [0, 0.05) is 24.4 Å². The molecule has 1 saturated heterocycles. The normalized spacial score (nSPS) is 24.8. The maximum atomic E-state index is 12.5. The Hall–Kier alpha value is -1.33. The van der Waals surface area contributed by atoms with Crippen molar-refractivity contribution in [3.05, 3.63) is 35.9 Å². The fraction of sp³-hybridized carbons (Fsp3) is 0.500.